The van der Waals surface area contributed by atoms with Gasteiger partial charge in [0.05, 0.1) is 6.42 Å². The third-order valence-corrected chi connectivity index (χ3v) is 9.49. The van der Waals surface area contributed by atoms with E-state index in [0.717, 1.165) is 28.0 Å². The standard InChI is InChI=1S/C21H28O3Si/c1-15-17(14-20(22)23)8-7-9-19(15)16-10-12-18(13-11-16)24-25(5,6)21(2,3)4/h7-13H,14H2,1-6H3,(H,22,23). The van der Waals surface area contributed by atoms with Crippen molar-refractivity contribution in [2.75, 3.05) is 0 Å². The van der Waals surface area contributed by atoms with Crippen molar-refractivity contribution in [3.63, 3.8) is 0 Å². The van der Waals surface area contributed by atoms with E-state index in [2.05, 4.69) is 46.0 Å². The largest absolute Gasteiger partial charge is 0.544 e. The van der Waals surface area contributed by atoms with Crippen molar-refractivity contribution in [2.24, 2.45) is 0 Å². The SMILES string of the molecule is Cc1c(CC(=O)O)cccc1-c1ccc(O[Si](C)(C)C(C)(C)C)cc1. The van der Waals surface area contributed by atoms with Crippen LogP contribution in [0.4, 0.5) is 0 Å². The van der Waals surface area contributed by atoms with Crippen molar-refractivity contribution in [3.05, 3.63) is 53.6 Å². The van der Waals surface area contributed by atoms with Crippen LogP contribution < -0.4 is 4.43 Å². The molecule has 134 valence electrons. The monoisotopic (exact) mass is 356 g/mol. The highest BCUT2D eigenvalue weighted by Crippen LogP contribution is 2.37. The zero-order chi connectivity index (χ0) is 18.8. The van der Waals surface area contributed by atoms with E-state index in [1.807, 2.05) is 37.3 Å². The Morgan fingerprint density at radius 2 is 1.68 bits per heavy atom. The second kappa shape index (κ2) is 7.04. The number of carboxylic acid groups (broad SMARTS) is 1. The van der Waals surface area contributed by atoms with E-state index in [1.54, 1.807) is 0 Å². The third kappa shape index (κ3) is 4.51. The summed E-state index contributed by atoms with van der Waals surface area (Å²) in [6, 6.07) is 14.0. The molecule has 0 atom stereocenters. The Bertz CT molecular complexity index is 756. The van der Waals surface area contributed by atoms with Gasteiger partial charge >= 0.3 is 5.97 Å². The van der Waals surface area contributed by atoms with Gasteiger partial charge in [-0.3, -0.25) is 4.79 Å². The van der Waals surface area contributed by atoms with Crippen LogP contribution >= 0.6 is 0 Å². The molecule has 4 heteroatoms. The summed E-state index contributed by atoms with van der Waals surface area (Å²) in [5.74, 6) is 0.0908. The Balaban J connectivity index is 2.28. The van der Waals surface area contributed by atoms with Gasteiger partial charge in [-0.1, -0.05) is 51.1 Å². The molecular formula is C21H28O3Si. The highest BCUT2D eigenvalue weighted by atomic mass is 28.4. The molecule has 0 bridgehead atoms. The molecule has 0 heterocycles. The molecule has 2 aromatic carbocycles. The Hall–Kier alpha value is -2.07. The highest BCUT2D eigenvalue weighted by molar-refractivity contribution is 6.74. The zero-order valence-electron chi connectivity index (χ0n) is 16.0. The summed E-state index contributed by atoms with van der Waals surface area (Å²) >= 11 is 0. The van der Waals surface area contributed by atoms with Gasteiger partial charge in [-0.05, 0) is 59.4 Å². The number of hydrogen-bond acceptors (Lipinski definition) is 2. The number of benzene rings is 2. The normalized spacial score (nSPS) is 12.1. The Kier molecular flexibility index (Phi) is 5.42. The Morgan fingerprint density at radius 3 is 2.20 bits per heavy atom. The molecule has 0 amide bonds. The second-order valence-electron chi connectivity index (χ2n) is 8.05. The molecule has 0 radical (unpaired) electrons. The molecule has 2 aromatic rings. The average Bonchev–Trinajstić information content (AvgIpc) is 2.48. The van der Waals surface area contributed by atoms with Gasteiger partial charge in [0.2, 0.25) is 8.32 Å². The van der Waals surface area contributed by atoms with Crippen LogP contribution in [0.5, 0.6) is 5.75 Å². The maximum atomic E-state index is 11.0. The molecule has 0 aliphatic rings. The molecule has 0 aromatic heterocycles. The van der Waals surface area contributed by atoms with Crippen molar-refractivity contribution in [1.29, 1.82) is 0 Å². The fraction of sp³-hybridized carbons (Fsp3) is 0.381. The first kappa shape index (κ1) is 19.3. The molecule has 0 aliphatic carbocycles. The lowest BCUT2D eigenvalue weighted by Crippen LogP contribution is -2.43. The number of rotatable bonds is 5. The van der Waals surface area contributed by atoms with E-state index in [1.165, 1.54) is 0 Å². The lowest BCUT2D eigenvalue weighted by molar-refractivity contribution is -0.136. The van der Waals surface area contributed by atoms with Gasteiger partial charge in [0.15, 0.2) is 0 Å². The van der Waals surface area contributed by atoms with Crippen molar-refractivity contribution >= 4 is 14.3 Å². The van der Waals surface area contributed by atoms with Gasteiger partial charge in [0.25, 0.3) is 0 Å². The molecule has 0 fully saturated rings. The molecule has 2 rings (SSSR count). The molecule has 0 unspecified atom stereocenters. The fourth-order valence-corrected chi connectivity index (χ4v) is 3.53. The maximum Gasteiger partial charge on any atom is 0.307 e. The van der Waals surface area contributed by atoms with Crippen molar-refractivity contribution in [1.82, 2.24) is 0 Å². The zero-order valence-corrected chi connectivity index (χ0v) is 17.0. The lowest BCUT2D eigenvalue weighted by Gasteiger charge is -2.36. The minimum Gasteiger partial charge on any atom is -0.544 e. The smallest absolute Gasteiger partial charge is 0.307 e. The van der Waals surface area contributed by atoms with E-state index in [4.69, 9.17) is 9.53 Å². The van der Waals surface area contributed by atoms with E-state index in [-0.39, 0.29) is 11.5 Å². The minimum absolute atomic E-state index is 0.0479. The van der Waals surface area contributed by atoms with Crippen LogP contribution in [0.3, 0.4) is 0 Å². The van der Waals surface area contributed by atoms with E-state index >= 15 is 0 Å². The number of hydrogen-bond donors (Lipinski definition) is 1. The first-order chi connectivity index (χ1) is 11.5. The van der Waals surface area contributed by atoms with Crippen LogP contribution in [0.1, 0.15) is 31.9 Å². The molecule has 25 heavy (non-hydrogen) atoms. The Morgan fingerprint density at radius 1 is 1.08 bits per heavy atom. The summed E-state index contributed by atoms with van der Waals surface area (Å²) in [7, 11) is -1.85. The van der Waals surface area contributed by atoms with Crippen molar-refractivity contribution in [2.45, 2.75) is 52.2 Å². The van der Waals surface area contributed by atoms with Crippen LogP contribution in [0.15, 0.2) is 42.5 Å². The second-order valence-corrected chi connectivity index (χ2v) is 12.8. The van der Waals surface area contributed by atoms with Crippen LogP contribution in [0.25, 0.3) is 11.1 Å². The molecule has 1 N–H and O–H groups in total. The quantitative estimate of drug-likeness (QED) is 0.702. The van der Waals surface area contributed by atoms with E-state index in [9.17, 15) is 4.79 Å². The first-order valence-corrected chi connectivity index (χ1v) is 11.5. The molecule has 0 saturated heterocycles. The maximum absolute atomic E-state index is 11.0. The van der Waals surface area contributed by atoms with Gasteiger partial charge in [0, 0.05) is 0 Å². The van der Waals surface area contributed by atoms with E-state index < -0.39 is 14.3 Å². The van der Waals surface area contributed by atoms with Crippen LogP contribution in [0.2, 0.25) is 18.1 Å². The van der Waals surface area contributed by atoms with Gasteiger partial charge in [-0.2, -0.15) is 0 Å². The summed E-state index contributed by atoms with van der Waals surface area (Å²) in [5, 5.41) is 9.21. The molecule has 3 nitrogen and oxygen atoms in total. The summed E-state index contributed by atoms with van der Waals surface area (Å²) in [6.45, 7) is 13.1. The van der Waals surface area contributed by atoms with Gasteiger partial charge in [-0.15, -0.1) is 0 Å². The lowest BCUT2D eigenvalue weighted by atomic mass is 9.95. The summed E-state index contributed by atoms with van der Waals surface area (Å²) in [5.41, 5.74) is 4.01. The predicted octanol–water partition coefficient (Wildman–Crippen LogP) is 5.67. The molecule has 0 aliphatic heterocycles. The molecular weight excluding hydrogens is 328 g/mol. The van der Waals surface area contributed by atoms with Gasteiger partial charge < -0.3 is 9.53 Å². The number of carboxylic acids is 1. The molecule has 0 saturated carbocycles. The van der Waals surface area contributed by atoms with Crippen LogP contribution in [0, 0.1) is 6.92 Å². The van der Waals surface area contributed by atoms with Crippen LogP contribution in [-0.2, 0) is 11.2 Å². The third-order valence-electron chi connectivity index (χ3n) is 5.13. The van der Waals surface area contributed by atoms with Crippen molar-refractivity contribution in [3.8, 4) is 16.9 Å². The predicted molar refractivity (Wildman–Crippen MR) is 106 cm³/mol. The average molecular weight is 357 g/mol. The number of carbonyl (C=O) groups is 1. The Labute approximate surface area is 151 Å². The highest BCUT2D eigenvalue weighted by Gasteiger charge is 2.38. The summed E-state index contributed by atoms with van der Waals surface area (Å²) in [4.78, 5) is 11.0. The first-order valence-electron chi connectivity index (χ1n) is 8.61. The number of aliphatic carboxylic acids is 1. The van der Waals surface area contributed by atoms with Crippen molar-refractivity contribution < 1.29 is 14.3 Å². The van der Waals surface area contributed by atoms with Gasteiger partial charge in [0.1, 0.15) is 5.75 Å². The van der Waals surface area contributed by atoms with Crippen LogP contribution in [-0.4, -0.2) is 19.4 Å². The topological polar surface area (TPSA) is 46.5 Å². The molecule has 0 spiro atoms. The summed E-state index contributed by atoms with van der Waals surface area (Å²) in [6.07, 6.45) is 0.0479. The fourth-order valence-electron chi connectivity index (χ4n) is 2.50. The van der Waals surface area contributed by atoms with Gasteiger partial charge in [-0.25, -0.2) is 0 Å². The van der Waals surface area contributed by atoms with E-state index in [0.29, 0.717) is 0 Å². The minimum atomic E-state index is -1.85. The summed E-state index contributed by atoms with van der Waals surface area (Å²) < 4.78 is 6.32.